The molecule has 114 valence electrons. The summed E-state index contributed by atoms with van der Waals surface area (Å²) in [4.78, 5) is 4.22. The molecule has 1 aromatic carbocycles. The van der Waals surface area contributed by atoms with E-state index in [1.54, 1.807) is 10.8 Å². The maximum absolute atomic E-state index is 6.09. The van der Waals surface area contributed by atoms with Crippen molar-refractivity contribution in [2.45, 2.75) is 26.5 Å². The van der Waals surface area contributed by atoms with Crippen LogP contribution in [0.5, 0.6) is 5.75 Å². The first kappa shape index (κ1) is 16.1. The van der Waals surface area contributed by atoms with Crippen molar-refractivity contribution in [1.29, 1.82) is 0 Å². The zero-order chi connectivity index (χ0) is 15.4. The Balaban J connectivity index is 2.17. The van der Waals surface area contributed by atoms with Crippen molar-refractivity contribution in [3.05, 3.63) is 46.0 Å². The molecule has 0 spiro atoms. The van der Waals surface area contributed by atoms with Crippen molar-refractivity contribution in [3.63, 3.8) is 0 Å². The molecule has 4 nitrogen and oxygen atoms in total. The largest absolute Gasteiger partial charge is 0.485 e. The van der Waals surface area contributed by atoms with Gasteiger partial charge in [0.15, 0.2) is 0 Å². The topological polar surface area (TPSA) is 39.1 Å². The third-order valence-corrected chi connectivity index (χ3v) is 3.92. The van der Waals surface area contributed by atoms with Gasteiger partial charge in [0, 0.05) is 23.7 Å². The molecule has 0 bridgehead atoms. The van der Waals surface area contributed by atoms with Crippen LogP contribution in [0, 0.1) is 0 Å². The van der Waals surface area contributed by atoms with E-state index in [0.717, 1.165) is 23.7 Å². The normalized spacial score (nSPS) is 12.4. The van der Waals surface area contributed by atoms with Crippen LogP contribution in [0.4, 0.5) is 0 Å². The third-order valence-electron chi connectivity index (χ3n) is 3.33. The number of nitrogens with zero attached hydrogens (tertiary/aromatic N) is 2. The SMILES string of the molecule is CCNC(C)c1cc(Cl)ccc1OCc1ncc(Cl)n1C. The van der Waals surface area contributed by atoms with Crippen LogP contribution < -0.4 is 10.1 Å². The van der Waals surface area contributed by atoms with Gasteiger partial charge in [-0.15, -0.1) is 0 Å². The van der Waals surface area contributed by atoms with Crippen LogP contribution in [-0.2, 0) is 13.7 Å². The Morgan fingerprint density at radius 1 is 1.38 bits per heavy atom. The minimum absolute atomic E-state index is 0.161. The Bertz CT molecular complexity index is 613. The molecular formula is C15H19Cl2N3O. The summed E-state index contributed by atoms with van der Waals surface area (Å²) in [6.07, 6.45) is 1.62. The summed E-state index contributed by atoms with van der Waals surface area (Å²) in [5.41, 5.74) is 1.03. The summed E-state index contributed by atoms with van der Waals surface area (Å²) in [6.45, 7) is 5.38. The molecule has 0 radical (unpaired) electrons. The van der Waals surface area contributed by atoms with Gasteiger partial charge in [-0.25, -0.2) is 4.98 Å². The van der Waals surface area contributed by atoms with Gasteiger partial charge < -0.3 is 14.6 Å². The molecule has 0 fully saturated rings. The molecule has 0 aliphatic rings. The van der Waals surface area contributed by atoms with Crippen molar-refractivity contribution >= 4 is 23.2 Å². The molecule has 2 aromatic rings. The number of ether oxygens (including phenoxy) is 1. The standard InChI is InChI=1S/C15H19Cl2N3O/c1-4-18-10(2)12-7-11(16)5-6-13(12)21-9-15-19-8-14(17)20(15)3/h5-8,10,18H,4,9H2,1-3H3. The van der Waals surface area contributed by atoms with Gasteiger partial charge in [-0.3, -0.25) is 0 Å². The predicted octanol–water partition coefficient (Wildman–Crippen LogP) is 3.98. The van der Waals surface area contributed by atoms with E-state index in [4.69, 9.17) is 27.9 Å². The van der Waals surface area contributed by atoms with Gasteiger partial charge in [0.1, 0.15) is 23.3 Å². The average Bonchev–Trinajstić information content (AvgIpc) is 2.78. The highest BCUT2D eigenvalue weighted by atomic mass is 35.5. The lowest BCUT2D eigenvalue weighted by Gasteiger charge is -2.18. The van der Waals surface area contributed by atoms with Crippen molar-refractivity contribution in [2.24, 2.45) is 7.05 Å². The van der Waals surface area contributed by atoms with E-state index in [1.807, 2.05) is 25.2 Å². The van der Waals surface area contributed by atoms with Gasteiger partial charge in [-0.1, -0.05) is 30.1 Å². The highest BCUT2D eigenvalue weighted by Gasteiger charge is 2.13. The Morgan fingerprint density at radius 2 is 2.14 bits per heavy atom. The fourth-order valence-electron chi connectivity index (χ4n) is 2.11. The zero-order valence-corrected chi connectivity index (χ0v) is 13.9. The van der Waals surface area contributed by atoms with Crippen LogP contribution in [0.1, 0.15) is 31.3 Å². The minimum Gasteiger partial charge on any atom is -0.485 e. The van der Waals surface area contributed by atoms with Crippen LogP contribution >= 0.6 is 23.2 Å². The first-order valence-corrected chi connectivity index (χ1v) is 7.60. The molecule has 1 unspecified atom stereocenters. The van der Waals surface area contributed by atoms with E-state index in [2.05, 4.69) is 24.1 Å². The van der Waals surface area contributed by atoms with Crippen LogP contribution in [-0.4, -0.2) is 16.1 Å². The highest BCUT2D eigenvalue weighted by Crippen LogP contribution is 2.29. The summed E-state index contributed by atoms with van der Waals surface area (Å²) in [7, 11) is 1.86. The quantitative estimate of drug-likeness (QED) is 0.872. The van der Waals surface area contributed by atoms with E-state index in [1.165, 1.54) is 0 Å². The average molecular weight is 328 g/mol. The summed E-state index contributed by atoms with van der Waals surface area (Å²) in [6, 6.07) is 5.80. The number of benzene rings is 1. The van der Waals surface area contributed by atoms with Crippen molar-refractivity contribution < 1.29 is 4.74 Å². The van der Waals surface area contributed by atoms with Gasteiger partial charge >= 0.3 is 0 Å². The number of imidazole rings is 1. The van der Waals surface area contributed by atoms with Crippen molar-refractivity contribution in [3.8, 4) is 5.75 Å². The molecule has 1 atom stereocenters. The van der Waals surface area contributed by atoms with Gasteiger partial charge in [-0.05, 0) is 31.7 Å². The Hall–Kier alpha value is -1.23. The molecule has 1 aromatic heterocycles. The maximum atomic E-state index is 6.09. The summed E-state index contributed by atoms with van der Waals surface area (Å²) >= 11 is 12.1. The molecule has 0 amide bonds. The first-order valence-electron chi connectivity index (χ1n) is 6.84. The molecule has 1 N–H and O–H groups in total. The molecule has 0 saturated carbocycles. The second-order valence-corrected chi connectivity index (χ2v) is 5.63. The number of aromatic nitrogens is 2. The summed E-state index contributed by atoms with van der Waals surface area (Å²) < 4.78 is 7.70. The van der Waals surface area contributed by atoms with Crippen molar-refractivity contribution in [1.82, 2.24) is 14.9 Å². The van der Waals surface area contributed by atoms with Crippen LogP contribution in [0.25, 0.3) is 0 Å². The molecule has 0 saturated heterocycles. The molecule has 0 aliphatic heterocycles. The highest BCUT2D eigenvalue weighted by molar-refractivity contribution is 6.30. The minimum atomic E-state index is 0.161. The molecule has 21 heavy (non-hydrogen) atoms. The van der Waals surface area contributed by atoms with Gasteiger partial charge in [-0.2, -0.15) is 0 Å². The summed E-state index contributed by atoms with van der Waals surface area (Å²) in [5.74, 6) is 1.57. The lowest BCUT2D eigenvalue weighted by molar-refractivity contribution is 0.286. The van der Waals surface area contributed by atoms with E-state index < -0.39 is 0 Å². The fourth-order valence-corrected chi connectivity index (χ4v) is 2.43. The lowest BCUT2D eigenvalue weighted by atomic mass is 10.1. The predicted molar refractivity (Wildman–Crippen MR) is 86.1 cm³/mol. The Morgan fingerprint density at radius 3 is 2.76 bits per heavy atom. The number of rotatable bonds is 6. The van der Waals surface area contributed by atoms with Crippen LogP contribution in [0.15, 0.2) is 24.4 Å². The van der Waals surface area contributed by atoms with E-state index >= 15 is 0 Å². The molecule has 6 heteroatoms. The second kappa shape index (κ2) is 7.16. The first-order chi connectivity index (χ1) is 10.0. The zero-order valence-electron chi connectivity index (χ0n) is 12.4. The monoisotopic (exact) mass is 327 g/mol. The number of hydrogen-bond donors (Lipinski definition) is 1. The van der Waals surface area contributed by atoms with E-state index in [9.17, 15) is 0 Å². The second-order valence-electron chi connectivity index (χ2n) is 4.81. The Kier molecular flexibility index (Phi) is 5.51. The van der Waals surface area contributed by atoms with Gasteiger partial charge in [0.05, 0.1) is 6.20 Å². The van der Waals surface area contributed by atoms with Crippen LogP contribution in [0.2, 0.25) is 10.2 Å². The van der Waals surface area contributed by atoms with Crippen molar-refractivity contribution in [2.75, 3.05) is 6.54 Å². The number of nitrogens with one attached hydrogen (secondary N) is 1. The molecular weight excluding hydrogens is 309 g/mol. The maximum Gasteiger partial charge on any atom is 0.147 e. The Labute approximate surface area is 135 Å². The summed E-state index contributed by atoms with van der Waals surface area (Å²) in [5, 5.41) is 4.65. The lowest BCUT2D eigenvalue weighted by Crippen LogP contribution is -2.18. The van der Waals surface area contributed by atoms with Gasteiger partial charge in [0.25, 0.3) is 0 Å². The molecule has 0 aliphatic carbocycles. The fraction of sp³-hybridized carbons (Fsp3) is 0.400. The number of halogens is 2. The van der Waals surface area contributed by atoms with Gasteiger partial charge in [0.2, 0.25) is 0 Å². The molecule has 2 rings (SSSR count). The molecule has 1 heterocycles. The van der Waals surface area contributed by atoms with E-state index in [0.29, 0.717) is 16.8 Å². The van der Waals surface area contributed by atoms with Crippen LogP contribution in [0.3, 0.4) is 0 Å². The number of hydrogen-bond acceptors (Lipinski definition) is 3. The van der Waals surface area contributed by atoms with E-state index in [-0.39, 0.29) is 6.04 Å². The smallest absolute Gasteiger partial charge is 0.147 e. The third kappa shape index (κ3) is 3.90.